The van der Waals surface area contributed by atoms with Crippen molar-refractivity contribution in [3.05, 3.63) is 35.9 Å². The van der Waals surface area contributed by atoms with E-state index >= 15 is 0 Å². The van der Waals surface area contributed by atoms with Crippen LogP contribution < -0.4 is 0 Å². The third kappa shape index (κ3) is 3.79. The molecule has 0 bridgehead atoms. The van der Waals surface area contributed by atoms with Crippen LogP contribution in [0.15, 0.2) is 30.3 Å². The van der Waals surface area contributed by atoms with Gasteiger partial charge in [0.2, 0.25) is 0 Å². The van der Waals surface area contributed by atoms with Gasteiger partial charge in [-0.05, 0) is 5.56 Å². The Morgan fingerprint density at radius 1 is 1.15 bits per heavy atom. The van der Waals surface area contributed by atoms with E-state index in [-0.39, 0.29) is 17.4 Å². The van der Waals surface area contributed by atoms with Gasteiger partial charge in [0.25, 0.3) is 0 Å². The quantitative estimate of drug-likeness (QED) is 0.723. The molecule has 13 heavy (non-hydrogen) atoms. The molecule has 72 valence electrons. The number of halogens is 1. The van der Waals surface area contributed by atoms with Gasteiger partial charge in [0.05, 0.1) is 11.5 Å². The van der Waals surface area contributed by atoms with Gasteiger partial charge in [0.15, 0.2) is 9.84 Å². The maximum Gasteiger partial charge on any atom is 0.155 e. The van der Waals surface area contributed by atoms with Gasteiger partial charge in [-0.1, -0.05) is 30.3 Å². The van der Waals surface area contributed by atoms with Crippen molar-refractivity contribution in [3.63, 3.8) is 0 Å². The zero-order valence-electron chi connectivity index (χ0n) is 7.11. The lowest BCUT2D eigenvalue weighted by Crippen LogP contribution is -2.10. The number of hydrogen-bond acceptors (Lipinski definition) is 2. The summed E-state index contributed by atoms with van der Waals surface area (Å²) in [6.07, 6.45) is 0. The molecule has 0 aliphatic rings. The van der Waals surface area contributed by atoms with E-state index in [9.17, 15) is 8.42 Å². The molecule has 0 N–H and O–H groups in total. The van der Waals surface area contributed by atoms with Gasteiger partial charge in [0, 0.05) is 5.88 Å². The SMILES string of the molecule is O=S(=O)(CCCl)Cc1ccccc1. The average molecular weight is 219 g/mol. The van der Waals surface area contributed by atoms with E-state index in [0.29, 0.717) is 0 Å². The largest absolute Gasteiger partial charge is 0.228 e. The smallest absolute Gasteiger partial charge is 0.155 e. The zero-order chi connectivity index (χ0) is 9.73. The normalized spacial score (nSPS) is 11.5. The molecule has 1 rings (SSSR count). The number of rotatable bonds is 4. The van der Waals surface area contributed by atoms with E-state index in [1.807, 2.05) is 18.2 Å². The Morgan fingerprint density at radius 3 is 2.31 bits per heavy atom. The first-order valence-electron chi connectivity index (χ1n) is 3.94. The van der Waals surface area contributed by atoms with E-state index in [2.05, 4.69) is 0 Å². The van der Waals surface area contributed by atoms with Gasteiger partial charge in [-0.2, -0.15) is 0 Å². The number of sulfone groups is 1. The van der Waals surface area contributed by atoms with Crippen molar-refractivity contribution >= 4 is 21.4 Å². The van der Waals surface area contributed by atoms with Crippen LogP contribution in [0.2, 0.25) is 0 Å². The lowest BCUT2D eigenvalue weighted by atomic mass is 10.2. The molecule has 0 radical (unpaired) electrons. The van der Waals surface area contributed by atoms with Crippen LogP contribution >= 0.6 is 11.6 Å². The van der Waals surface area contributed by atoms with Crippen LogP contribution in [0.4, 0.5) is 0 Å². The van der Waals surface area contributed by atoms with Crippen LogP contribution in [0, 0.1) is 0 Å². The maximum atomic E-state index is 11.3. The Kier molecular flexibility index (Phi) is 3.75. The Labute approximate surface area is 83.5 Å². The van der Waals surface area contributed by atoms with Gasteiger partial charge >= 0.3 is 0 Å². The molecule has 0 atom stereocenters. The standard InChI is InChI=1S/C9H11ClO2S/c10-6-7-13(11,12)8-9-4-2-1-3-5-9/h1-5H,6-8H2. The second-order valence-electron chi connectivity index (χ2n) is 2.77. The fourth-order valence-electron chi connectivity index (χ4n) is 1.02. The van der Waals surface area contributed by atoms with E-state index < -0.39 is 9.84 Å². The van der Waals surface area contributed by atoms with Crippen molar-refractivity contribution in [2.45, 2.75) is 5.75 Å². The summed E-state index contributed by atoms with van der Waals surface area (Å²) in [5, 5.41) is 0. The highest BCUT2D eigenvalue weighted by atomic mass is 35.5. The molecule has 0 amide bonds. The maximum absolute atomic E-state index is 11.3. The Hall–Kier alpha value is -0.540. The topological polar surface area (TPSA) is 34.1 Å². The minimum Gasteiger partial charge on any atom is -0.228 e. The molecule has 0 saturated heterocycles. The second kappa shape index (κ2) is 4.63. The van der Waals surface area contributed by atoms with Crippen LogP contribution in [-0.2, 0) is 15.6 Å². The highest BCUT2D eigenvalue weighted by molar-refractivity contribution is 7.90. The van der Waals surface area contributed by atoms with Crippen LogP contribution in [0.1, 0.15) is 5.56 Å². The number of benzene rings is 1. The molecule has 0 unspecified atom stereocenters. The third-order valence-electron chi connectivity index (χ3n) is 1.62. The molecule has 0 spiro atoms. The van der Waals surface area contributed by atoms with E-state index in [0.717, 1.165) is 5.56 Å². The van der Waals surface area contributed by atoms with Gasteiger partial charge in [-0.3, -0.25) is 0 Å². The summed E-state index contributed by atoms with van der Waals surface area (Å²) in [6, 6.07) is 9.10. The first-order valence-corrected chi connectivity index (χ1v) is 6.30. The molecule has 0 aliphatic carbocycles. The molecular formula is C9H11ClO2S. The van der Waals surface area contributed by atoms with Crippen LogP contribution in [-0.4, -0.2) is 20.1 Å². The Morgan fingerprint density at radius 2 is 1.77 bits per heavy atom. The number of hydrogen-bond donors (Lipinski definition) is 0. The molecule has 1 aromatic carbocycles. The van der Waals surface area contributed by atoms with Gasteiger partial charge in [-0.25, -0.2) is 8.42 Å². The lowest BCUT2D eigenvalue weighted by molar-refractivity contribution is 0.596. The second-order valence-corrected chi connectivity index (χ2v) is 5.33. The summed E-state index contributed by atoms with van der Waals surface area (Å²) < 4.78 is 22.6. The fourth-order valence-corrected chi connectivity index (χ4v) is 2.80. The summed E-state index contributed by atoms with van der Waals surface area (Å²) >= 11 is 5.37. The van der Waals surface area contributed by atoms with E-state index in [1.165, 1.54) is 0 Å². The third-order valence-corrected chi connectivity index (χ3v) is 3.63. The van der Waals surface area contributed by atoms with Crippen molar-refractivity contribution < 1.29 is 8.42 Å². The van der Waals surface area contributed by atoms with Crippen LogP contribution in [0.25, 0.3) is 0 Å². The highest BCUT2D eigenvalue weighted by Gasteiger charge is 2.09. The molecule has 4 heteroatoms. The summed E-state index contributed by atoms with van der Waals surface area (Å²) in [5.41, 5.74) is 0.813. The molecule has 0 saturated carbocycles. The zero-order valence-corrected chi connectivity index (χ0v) is 8.68. The first kappa shape index (κ1) is 10.5. The van der Waals surface area contributed by atoms with E-state index in [1.54, 1.807) is 12.1 Å². The summed E-state index contributed by atoms with van der Waals surface area (Å²) in [4.78, 5) is 0. The van der Waals surface area contributed by atoms with E-state index in [4.69, 9.17) is 11.6 Å². The van der Waals surface area contributed by atoms with Crippen molar-refractivity contribution in [1.29, 1.82) is 0 Å². The molecule has 0 fully saturated rings. The number of alkyl halides is 1. The molecule has 0 aromatic heterocycles. The Bertz CT molecular complexity index is 345. The summed E-state index contributed by atoms with van der Waals surface area (Å²) in [6.45, 7) is 0. The molecular weight excluding hydrogens is 208 g/mol. The predicted octanol–water partition coefficient (Wildman–Crippen LogP) is 1.84. The molecule has 0 aliphatic heterocycles. The predicted molar refractivity (Wildman–Crippen MR) is 54.7 cm³/mol. The summed E-state index contributed by atoms with van der Waals surface area (Å²) in [7, 11) is -3.02. The molecule has 0 heterocycles. The first-order chi connectivity index (χ1) is 6.14. The minimum absolute atomic E-state index is 0.0451. The lowest BCUT2D eigenvalue weighted by Gasteiger charge is -2.01. The van der Waals surface area contributed by atoms with Crippen molar-refractivity contribution in [1.82, 2.24) is 0 Å². The van der Waals surface area contributed by atoms with Crippen molar-refractivity contribution in [3.8, 4) is 0 Å². The van der Waals surface area contributed by atoms with Crippen LogP contribution in [0.5, 0.6) is 0 Å². The fraction of sp³-hybridized carbons (Fsp3) is 0.333. The van der Waals surface area contributed by atoms with Gasteiger partial charge in [0.1, 0.15) is 0 Å². The average Bonchev–Trinajstić information content (AvgIpc) is 2.04. The van der Waals surface area contributed by atoms with Gasteiger partial charge < -0.3 is 0 Å². The highest BCUT2D eigenvalue weighted by Crippen LogP contribution is 2.06. The molecule has 2 nitrogen and oxygen atoms in total. The monoisotopic (exact) mass is 218 g/mol. The van der Waals surface area contributed by atoms with Crippen molar-refractivity contribution in [2.75, 3.05) is 11.6 Å². The summed E-state index contributed by atoms with van der Waals surface area (Å²) in [5.74, 6) is 0.291. The molecule has 1 aromatic rings. The van der Waals surface area contributed by atoms with Gasteiger partial charge in [-0.15, -0.1) is 11.6 Å². The Balaban J connectivity index is 2.70. The van der Waals surface area contributed by atoms with Crippen LogP contribution in [0.3, 0.4) is 0 Å². The minimum atomic E-state index is -3.02. The van der Waals surface area contributed by atoms with Crippen molar-refractivity contribution in [2.24, 2.45) is 0 Å².